The van der Waals surface area contributed by atoms with Gasteiger partial charge in [-0.1, -0.05) is 55.1 Å². The van der Waals surface area contributed by atoms with Crippen LogP contribution >= 0.6 is 0 Å². The highest BCUT2D eigenvalue weighted by molar-refractivity contribution is 6.11. The summed E-state index contributed by atoms with van der Waals surface area (Å²) in [6, 6.07) is 19.4. The summed E-state index contributed by atoms with van der Waals surface area (Å²) in [5.41, 5.74) is 1.76. The highest BCUT2D eigenvalue weighted by atomic mass is 16.5. The average molecular weight is 335 g/mol. The van der Waals surface area contributed by atoms with Gasteiger partial charge < -0.3 is 9.64 Å². The van der Waals surface area contributed by atoms with Crippen LogP contribution in [0, 0.1) is 0 Å². The second kappa shape index (κ2) is 8.34. The van der Waals surface area contributed by atoms with E-state index in [4.69, 9.17) is 0 Å². The highest BCUT2D eigenvalue weighted by Gasteiger charge is 2.08. The largest absolute Gasteiger partial charge is 0.463 e. The van der Waals surface area contributed by atoms with E-state index in [1.807, 2.05) is 0 Å². The lowest BCUT2D eigenvalue weighted by Crippen LogP contribution is -2.09. The van der Waals surface area contributed by atoms with Crippen molar-refractivity contribution in [1.29, 1.82) is 0 Å². The Hall–Kier alpha value is -2.81. The summed E-state index contributed by atoms with van der Waals surface area (Å²) >= 11 is 0. The van der Waals surface area contributed by atoms with Gasteiger partial charge in [0.1, 0.15) is 0 Å². The van der Waals surface area contributed by atoms with Crippen LogP contribution in [0.4, 0.5) is 5.69 Å². The second-order valence-electron chi connectivity index (χ2n) is 6.06. The minimum atomic E-state index is -0.312. The van der Waals surface area contributed by atoms with E-state index in [1.54, 1.807) is 13.8 Å². The zero-order valence-electron chi connectivity index (χ0n) is 15.4. The van der Waals surface area contributed by atoms with Gasteiger partial charge in [0, 0.05) is 30.4 Å². The standard InChI is InChI=1S/C16H15N.C6H10O2/c1-17(2)16-14-9-5-3-7-12(14)11-13-8-4-6-10-15(13)16;1-4-8-6(7)5(2)3/h3-11H,1-2H3;2,4H2,1,3H3. The van der Waals surface area contributed by atoms with Crippen molar-refractivity contribution in [2.75, 3.05) is 25.6 Å². The molecule has 130 valence electrons. The number of ether oxygens (including phenoxy) is 1. The Balaban J connectivity index is 0.000000242. The fraction of sp³-hybridized carbons (Fsp3) is 0.227. The minimum Gasteiger partial charge on any atom is -0.463 e. The first kappa shape index (κ1) is 18.5. The van der Waals surface area contributed by atoms with Gasteiger partial charge in [-0.3, -0.25) is 0 Å². The molecule has 0 aliphatic rings. The molecule has 0 saturated carbocycles. The maximum atomic E-state index is 10.4. The maximum Gasteiger partial charge on any atom is 0.333 e. The van der Waals surface area contributed by atoms with Gasteiger partial charge in [-0.05, 0) is 30.7 Å². The predicted octanol–water partition coefficient (Wildman–Crippen LogP) is 5.18. The van der Waals surface area contributed by atoms with Crippen LogP contribution in [0.25, 0.3) is 21.5 Å². The van der Waals surface area contributed by atoms with Crippen LogP contribution in [0.2, 0.25) is 0 Å². The van der Waals surface area contributed by atoms with E-state index < -0.39 is 0 Å². The summed E-state index contributed by atoms with van der Waals surface area (Å²) in [7, 11) is 4.21. The van der Waals surface area contributed by atoms with Crippen LogP contribution in [-0.4, -0.2) is 26.7 Å². The van der Waals surface area contributed by atoms with Gasteiger partial charge in [0.2, 0.25) is 0 Å². The lowest BCUT2D eigenvalue weighted by molar-refractivity contribution is -0.138. The maximum absolute atomic E-state index is 10.4. The first-order chi connectivity index (χ1) is 12.0. The molecule has 3 aromatic carbocycles. The molecule has 0 atom stereocenters. The number of anilines is 1. The van der Waals surface area contributed by atoms with E-state index in [0.717, 1.165) is 0 Å². The van der Waals surface area contributed by atoms with E-state index in [0.29, 0.717) is 12.2 Å². The molecule has 0 fully saturated rings. The third-order valence-electron chi connectivity index (χ3n) is 3.81. The van der Waals surface area contributed by atoms with Gasteiger partial charge in [-0.2, -0.15) is 0 Å². The van der Waals surface area contributed by atoms with E-state index in [-0.39, 0.29) is 5.97 Å². The smallest absolute Gasteiger partial charge is 0.333 e. The Labute approximate surface area is 149 Å². The molecule has 0 aliphatic carbocycles. The van der Waals surface area contributed by atoms with Crippen molar-refractivity contribution in [2.45, 2.75) is 13.8 Å². The van der Waals surface area contributed by atoms with Crippen molar-refractivity contribution in [2.24, 2.45) is 0 Å². The number of hydrogen-bond acceptors (Lipinski definition) is 3. The van der Waals surface area contributed by atoms with Crippen molar-refractivity contribution in [3.05, 3.63) is 66.7 Å². The fourth-order valence-electron chi connectivity index (χ4n) is 2.73. The Kier molecular flexibility index (Phi) is 6.18. The van der Waals surface area contributed by atoms with Gasteiger partial charge in [0.15, 0.2) is 0 Å². The number of rotatable bonds is 3. The molecule has 3 rings (SSSR count). The minimum absolute atomic E-state index is 0.312. The molecular formula is C22H25NO2. The molecule has 0 heterocycles. The Morgan fingerprint density at radius 3 is 1.84 bits per heavy atom. The summed E-state index contributed by atoms with van der Waals surface area (Å²) in [5.74, 6) is -0.312. The molecule has 0 aliphatic heterocycles. The van der Waals surface area contributed by atoms with Crippen LogP contribution in [0.5, 0.6) is 0 Å². The normalized spacial score (nSPS) is 10.1. The lowest BCUT2D eigenvalue weighted by Gasteiger charge is -2.18. The van der Waals surface area contributed by atoms with Crippen LogP contribution in [0.1, 0.15) is 13.8 Å². The molecule has 0 bridgehead atoms. The second-order valence-corrected chi connectivity index (χ2v) is 6.06. The average Bonchev–Trinajstić information content (AvgIpc) is 2.60. The van der Waals surface area contributed by atoms with Crippen molar-refractivity contribution >= 4 is 33.2 Å². The molecule has 25 heavy (non-hydrogen) atoms. The molecule has 0 amide bonds. The van der Waals surface area contributed by atoms with Gasteiger partial charge in [0.05, 0.1) is 12.3 Å². The van der Waals surface area contributed by atoms with Crippen LogP contribution in [0.15, 0.2) is 66.7 Å². The van der Waals surface area contributed by atoms with Gasteiger partial charge in [-0.15, -0.1) is 0 Å². The zero-order chi connectivity index (χ0) is 18.4. The molecule has 0 N–H and O–H groups in total. The summed E-state index contributed by atoms with van der Waals surface area (Å²) in [6.07, 6.45) is 0. The number of carbonyl (C=O) groups is 1. The molecule has 3 nitrogen and oxygen atoms in total. The van der Waals surface area contributed by atoms with E-state index >= 15 is 0 Å². The molecule has 0 spiro atoms. The molecule has 0 radical (unpaired) electrons. The third-order valence-corrected chi connectivity index (χ3v) is 3.81. The number of carbonyl (C=O) groups excluding carboxylic acids is 1. The van der Waals surface area contributed by atoms with Crippen LogP contribution < -0.4 is 4.90 Å². The van der Waals surface area contributed by atoms with Gasteiger partial charge >= 0.3 is 5.97 Å². The van der Waals surface area contributed by atoms with Crippen molar-refractivity contribution in [3.8, 4) is 0 Å². The third kappa shape index (κ3) is 4.38. The summed E-state index contributed by atoms with van der Waals surface area (Å²) < 4.78 is 4.56. The number of esters is 1. The fourth-order valence-corrected chi connectivity index (χ4v) is 2.73. The quantitative estimate of drug-likeness (QED) is 0.375. The van der Waals surface area contributed by atoms with E-state index in [1.165, 1.54) is 27.2 Å². The molecule has 0 unspecified atom stereocenters. The highest BCUT2D eigenvalue weighted by Crippen LogP contribution is 2.34. The number of benzene rings is 3. The molecule has 0 saturated heterocycles. The van der Waals surface area contributed by atoms with Crippen molar-refractivity contribution in [1.82, 2.24) is 0 Å². The monoisotopic (exact) mass is 335 g/mol. The summed E-state index contributed by atoms with van der Waals surface area (Å²) in [4.78, 5) is 12.6. The SMILES string of the molecule is C=C(C)C(=O)OCC.CN(C)c1c2ccccc2cc2ccccc12. The van der Waals surface area contributed by atoms with E-state index in [2.05, 4.69) is 84.9 Å². The Morgan fingerprint density at radius 2 is 1.48 bits per heavy atom. The van der Waals surface area contributed by atoms with E-state index in [9.17, 15) is 4.79 Å². The molecular weight excluding hydrogens is 310 g/mol. The number of nitrogens with zero attached hydrogens (tertiary/aromatic N) is 1. The number of hydrogen-bond donors (Lipinski definition) is 0. The zero-order valence-corrected chi connectivity index (χ0v) is 15.4. The van der Waals surface area contributed by atoms with Crippen molar-refractivity contribution in [3.63, 3.8) is 0 Å². The predicted molar refractivity (Wildman–Crippen MR) is 107 cm³/mol. The summed E-state index contributed by atoms with van der Waals surface area (Å²) in [6.45, 7) is 7.21. The molecule has 3 heteroatoms. The first-order valence-electron chi connectivity index (χ1n) is 8.36. The first-order valence-corrected chi connectivity index (χ1v) is 8.36. The molecule has 0 aromatic heterocycles. The number of fused-ring (bicyclic) bond motifs is 2. The summed E-state index contributed by atoms with van der Waals surface area (Å²) in [5, 5.41) is 5.23. The van der Waals surface area contributed by atoms with Gasteiger partial charge in [0.25, 0.3) is 0 Å². The van der Waals surface area contributed by atoms with Crippen LogP contribution in [0.3, 0.4) is 0 Å². The van der Waals surface area contributed by atoms with Crippen molar-refractivity contribution < 1.29 is 9.53 Å². The lowest BCUT2D eigenvalue weighted by atomic mass is 10.0. The van der Waals surface area contributed by atoms with Gasteiger partial charge in [-0.25, -0.2) is 4.79 Å². The topological polar surface area (TPSA) is 29.5 Å². The Morgan fingerprint density at radius 1 is 1.00 bits per heavy atom. The Bertz CT molecular complexity index is 843. The van der Waals surface area contributed by atoms with Crippen LogP contribution in [-0.2, 0) is 9.53 Å². The molecule has 3 aromatic rings.